The van der Waals surface area contributed by atoms with Crippen molar-refractivity contribution in [3.05, 3.63) is 34.1 Å². The highest BCUT2D eigenvalue weighted by Crippen LogP contribution is 2.31. The summed E-state index contributed by atoms with van der Waals surface area (Å²) in [6.07, 6.45) is 8.76. The first-order chi connectivity index (χ1) is 8.68. The molecule has 100 valence electrons. The predicted octanol–water partition coefficient (Wildman–Crippen LogP) is 4.95. The molecular formula is C15H21BrFN. The van der Waals surface area contributed by atoms with Gasteiger partial charge in [0.15, 0.2) is 0 Å². The average Bonchev–Trinajstić information content (AvgIpc) is 2.40. The van der Waals surface area contributed by atoms with Crippen LogP contribution in [0.1, 0.15) is 56.6 Å². The first-order valence-electron chi connectivity index (χ1n) is 6.88. The molecule has 0 bridgehead atoms. The Morgan fingerprint density at radius 1 is 1.28 bits per heavy atom. The maximum atomic E-state index is 13.9. The zero-order valence-electron chi connectivity index (χ0n) is 10.7. The van der Waals surface area contributed by atoms with Crippen LogP contribution in [0.25, 0.3) is 0 Å². The van der Waals surface area contributed by atoms with Gasteiger partial charge in [0, 0.05) is 11.6 Å². The van der Waals surface area contributed by atoms with E-state index in [-0.39, 0.29) is 11.9 Å². The lowest BCUT2D eigenvalue weighted by Crippen LogP contribution is -2.15. The topological polar surface area (TPSA) is 26.0 Å². The number of hydrogen-bond acceptors (Lipinski definition) is 1. The second-order valence-electron chi connectivity index (χ2n) is 5.33. The van der Waals surface area contributed by atoms with Crippen molar-refractivity contribution in [1.29, 1.82) is 0 Å². The molecule has 0 amide bonds. The second-order valence-corrected chi connectivity index (χ2v) is 6.19. The van der Waals surface area contributed by atoms with Crippen molar-refractivity contribution >= 4 is 15.9 Å². The lowest BCUT2D eigenvalue weighted by atomic mass is 9.84. The van der Waals surface area contributed by atoms with Crippen molar-refractivity contribution in [1.82, 2.24) is 0 Å². The zero-order valence-corrected chi connectivity index (χ0v) is 12.3. The molecule has 3 heteroatoms. The van der Waals surface area contributed by atoms with Crippen LogP contribution in [0.5, 0.6) is 0 Å². The summed E-state index contributed by atoms with van der Waals surface area (Å²) in [4.78, 5) is 0. The normalized spacial score (nSPS) is 18.8. The highest BCUT2D eigenvalue weighted by atomic mass is 79.9. The number of halogens is 2. The van der Waals surface area contributed by atoms with Gasteiger partial charge in [0.25, 0.3) is 0 Å². The highest BCUT2D eigenvalue weighted by molar-refractivity contribution is 9.10. The maximum Gasteiger partial charge on any atom is 0.142 e. The Morgan fingerprint density at radius 2 is 2.00 bits per heavy atom. The Kier molecular flexibility index (Phi) is 5.19. The smallest absolute Gasteiger partial charge is 0.142 e. The molecule has 1 saturated carbocycles. The van der Waals surface area contributed by atoms with E-state index in [0.29, 0.717) is 10.0 Å². The van der Waals surface area contributed by atoms with Crippen LogP contribution in [0, 0.1) is 11.7 Å². The summed E-state index contributed by atoms with van der Waals surface area (Å²) < 4.78 is 14.4. The van der Waals surface area contributed by atoms with Crippen LogP contribution in [0.3, 0.4) is 0 Å². The molecule has 1 fully saturated rings. The fourth-order valence-corrected chi connectivity index (χ4v) is 3.23. The van der Waals surface area contributed by atoms with Crippen LogP contribution in [0.4, 0.5) is 4.39 Å². The maximum absolute atomic E-state index is 13.9. The molecule has 0 saturated heterocycles. The Bertz CT molecular complexity index is 388. The number of rotatable bonds is 4. The largest absolute Gasteiger partial charge is 0.324 e. The fourth-order valence-electron chi connectivity index (χ4n) is 2.85. The van der Waals surface area contributed by atoms with Gasteiger partial charge in [0.1, 0.15) is 5.82 Å². The predicted molar refractivity (Wildman–Crippen MR) is 76.8 cm³/mol. The molecule has 0 spiro atoms. The van der Waals surface area contributed by atoms with Gasteiger partial charge in [-0.25, -0.2) is 4.39 Å². The molecule has 1 aromatic carbocycles. The van der Waals surface area contributed by atoms with Gasteiger partial charge in [0.05, 0.1) is 4.47 Å². The van der Waals surface area contributed by atoms with Crippen molar-refractivity contribution in [2.45, 2.75) is 51.0 Å². The minimum atomic E-state index is -0.200. The quantitative estimate of drug-likeness (QED) is 0.836. The third-order valence-corrected chi connectivity index (χ3v) is 4.60. The molecule has 1 aliphatic rings. The van der Waals surface area contributed by atoms with Crippen molar-refractivity contribution in [3.8, 4) is 0 Å². The van der Waals surface area contributed by atoms with Crippen molar-refractivity contribution in [2.75, 3.05) is 0 Å². The molecule has 0 radical (unpaired) electrons. The summed E-state index contributed by atoms with van der Waals surface area (Å²) in [5, 5.41) is 0. The van der Waals surface area contributed by atoms with E-state index in [2.05, 4.69) is 15.9 Å². The van der Waals surface area contributed by atoms with E-state index in [1.807, 2.05) is 6.07 Å². The van der Waals surface area contributed by atoms with E-state index < -0.39 is 0 Å². The number of benzene rings is 1. The summed E-state index contributed by atoms with van der Waals surface area (Å²) in [6.45, 7) is 0. The summed E-state index contributed by atoms with van der Waals surface area (Å²) in [5.74, 6) is 0.605. The van der Waals surface area contributed by atoms with Gasteiger partial charge in [0.2, 0.25) is 0 Å². The Balaban J connectivity index is 1.90. The molecule has 0 heterocycles. The molecule has 0 aromatic heterocycles. The van der Waals surface area contributed by atoms with Crippen LogP contribution in [0.2, 0.25) is 0 Å². The van der Waals surface area contributed by atoms with Gasteiger partial charge < -0.3 is 5.73 Å². The van der Waals surface area contributed by atoms with Crippen LogP contribution in [-0.2, 0) is 0 Å². The molecule has 1 aromatic rings. The van der Waals surface area contributed by atoms with Crippen LogP contribution in [0.15, 0.2) is 22.7 Å². The molecular weight excluding hydrogens is 293 g/mol. The molecule has 0 aliphatic heterocycles. The molecule has 1 nitrogen and oxygen atoms in total. The molecule has 1 aliphatic carbocycles. The van der Waals surface area contributed by atoms with E-state index in [1.165, 1.54) is 32.1 Å². The van der Waals surface area contributed by atoms with Crippen LogP contribution >= 0.6 is 15.9 Å². The van der Waals surface area contributed by atoms with Gasteiger partial charge >= 0.3 is 0 Å². The van der Waals surface area contributed by atoms with Crippen LogP contribution < -0.4 is 5.73 Å². The van der Waals surface area contributed by atoms with Gasteiger partial charge in [-0.05, 0) is 40.8 Å². The highest BCUT2D eigenvalue weighted by Gasteiger charge is 2.17. The summed E-state index contributed by atoms with van der Waals surface area (Å²) >= 11 is 3.21. The average molecular weight is 314 g/mol. The van der Waals surface area contributed by atoms with Gasteiger partial charge in [-0.2, -0.15) is 0 Å². The minimum absolute atomic E-state index is 0.176. The van der Waals surface area contributed by atoms with Crippen molar-refractivity contribution in [2.24, 2.45) is 11.7 Å². The first-order valence-corrected chi connectivity index (χ1v) is 7.67. The Labute approximate surface area is 117 Å². The lowest BCUT2D eigenvalue weighted by Gasteiger charge is -2.23. The van der Waals surface area contributed by atoms with E-state index in [0.717, 1.165) is 18.8 Å². The third kappa shape index (κ3) is 3.55. The van der Waals surface area contributed by atoms with Gasteiger partial charge in [-0.1, -0.05) is 44.2 Å². The standard InChI is InChI=1S/C15H21BrFN/c16-13-8-4-7-12(15(13)17)14(18)10-9-11-5-2-1-3-6-11/h4,7-8,11,14H,1-3,5-6,9-10,18H2. The minimum Gasteiger partial charge on any atom is -0.324 e. The van der Waals surface area contributed by atoms with Crippen LogP contribution in [-0.4, -0.2) is 0 Å². The number of nitrogens with two attached hydrogens (primary N) is 1. The van der Waals surface area contributed by atoms with Crippen molar-refractivity contribution in [3.63, 3.8) is 0 Å². The summed E-state index contributed by atoms with van der Waals surface area (Å²) in [5.41, 5.74) is 6.76. The van der Waals surface area contributed by atoms with E-state index in [9.17, 15) is 4.39 Å². The Morgan fingerprint density at radius 3 is 2.72 bits per heavy atom. The second kappa shape index (κ2) is 6.67. The zero-order chi connectivity index (χ0) is 13.0. The molecule has 2 rings (SSSR count). The monoisotopic (exact) mass is 313 g/mol. The molecule has 2 N–H and O–H groups in total. The first kappa shape index (κ1) is 14.0. The SMILES string of the molecule is NC(CCC1CCCCC1)c1cccc(Br)c1F. The fraction of sp³-hybridized carbons (Fsp3) is 0.600. The van der Waals surface area contributed by atoms with E-state index in [4.69, 9.17) is 5.73 Å². The Hall–Kier alpha value is -0.410. The molecule has 1 unspecified atom stereocenters. The summed E-state index contributed by atoms with van der Waals surface area (Å²) in [7, 11) is 0. The van der Waals surface area contributed by atoms with Gasteiger partial charge in [-0.3, -0.25) is 0 Å². The van der Waals surface area contributed by atoms with E-state index in [1.54, 1.807) is 12.1 Å². The number of hydrogen-bond donors (Lipinski definition) is 1. The van der Waals surface area contributed by atoms with Gasteiger partial charge in [-0.15, -0.1) is 0 Å². The molecule has 18 heavy (non-hydrogen) atoms. The summed E-state index contributed by atoms with van der Waals surface area (Å²) in [6, 6.07) is 5.19. The lowest BCUT2D eigenvalue weighted by molar-refractivity contribution is 0.323. The third-order valence-electron chi connectivity index (χ3n) is 3.99. The van der Waals surface area contributed by atoms with Crippen molar-refractivity contribution < 1.29 is 4.39 Å². The van der Waals surface area contributed by atoms with E-state index >= 15 is 0 Å². The molecule has 1 atom stereocenters.